The number of carbonyl (C=O) groups excluding carboxylic acids is 2. The van der Waals surface area contributed by atoms with Crippen LogP contribution < -0.4 is 15.4 Å². The second-order valence-corrected chi connectivity index (χ2v) is 8.32. The highest BCUT2D eigenvalue weighted by Crippen LogP contribution is 2.31. The van der Waals surface area contributed by atoms with Crippen molar-refractivity contribution in [3.63, 3.8) is 0 Å². The predicted molar refractivity (Wildman–Crippen MR) is 128 cm³/mol. The van der Waals surface area contributed by atoms with Crippen molar-refractivity contribution in [3.05, 3.63) is 99.5 Å². The lowest BCUT2D eigenvalue weighted by atomic mass is 10.0. The van der Waals surface area contributed by atoms with Gasteiger partial charge in [0.1, 0.15) is 5.57 Å². The number of hydrogen-bond acceptors (Lipinski definition) is 3. The normalized spacial score (nSPS) is 11.9. The molecule has 3 aromatic rings. The third-order valence-electron chi connectivity index (χ3n) is 4.98. The fourth-order valence-corrected chi connectivity index (χ4v) is 3.26. The first-order chi connectivity index (χ1) is 16.4. The van der Waals surface area contributed by atoms with Gasteiger partial charge < -0.3 is 15.8 Å². The molecule has 1 heterocycles. The lowest BCUT2D eigenvalue weighted by Crippen LogP contribution is -2.28. The van der Waals surface area contributed by atoms with E-state index in [4.69, 9.17) is 11.6 Å². The van der Waals surface area contributed by atoms with E-state index >= 15 is 0 Å². The number of rotatable bonds is 6. The average molecular weight is 504 g/mol. The van der Waals surface area contributed by atoms with Crippen LogP contribution in [0, 0.1) is 5.21 Å². The summed E-state index contributed by atoms with van der Waals surface area (Å²) in [5.74, 6) is -1.50. The smallest absolute Gasteiger partial charge is 0.416 e. The largest absolute Gasteiger partial charge is 0.618 e. The minimum Gasteiger partial charge on any atom is -0.618 e. The van der Waals surface area contributed by atoms with Gasteiger partial charge in [-0.2, -0.15) is 17.9 Å². The van der Waals surface area contributed by atoms with Gasteiger partial charge in [0.25, 0.3) is 17.0 Å². The summed E-state index contributed by atoms with van der Waals surface area (Å²) in [5.41, 5.74) is 0.289. The van der Waals surface area contributed by atoms with Gasteiger partial charge in [-0.1, -0.05) is 44.2 Å². The second kappa shape index (κ2) is 10.6. The van der Waals surface area contributed by atoms with Gasteiger partial charge in [0.2, 0.25) is 0 Å². The Morgan fingerprint density at radius 1 is 0.971 bits per heavy atom. The summed E-state index contributed by atoms with van der Waals surface area (Å²) in [6, 6.07) is 13.7. The number of carbonyl (C=O) groups is 2. The maximum Gasteiger partial charge on any atom is 0.416 e. The number of hydrogen-bond donors (Lipinski definition) is 2. The quantitative estimate of drug-likeness (QED) is 0.112. The molecule has 6 nitrogen and oxygen atoms in total. The van der Waals surface area contributed by atoms with Gasteiger partial charge in [-0.3, -0.25) is 9.59 Å². The van der Waals surface area contributed by atoms with Crippen LogP contribution in [0.2, 0.25) is 5.15 Å². The summed E-state index contributed by atoms with van der Waals surface area (Å²) in [6.07, 6.45) is -2.20. The predicted octanol–water partition coefficient (Wildman–Crippen LogP) is 5.78. The zero-order chi connectivity index (χ0) is 25.8. The summed E-state index contributed by atoms with van der Waals surface area (Å²) < 4.78 is 39.5. The third-order valence-corrected chi connectivity index (χ3v) is 5.26. The lowest BCUT2D eigenvalue weighted by molar-refractivity contribution is -0.602. The molecule has 0 aliphatic carbocycles. The molecule has 3 rings (SSSR count). The fraction of sp³-hybridized carbons (Fsp3) is 0.160. The van der Waals surface area contributed by atoms with Crippen LogP contribution in [0.3, 0.4) is 0 Å². The zero-order valence-corrected chi connectivity index (χ0v) is 19.4. The van der Waals surface area contributed by atoms with E-state index < -0.39 is 23.6 Å². The molecule has 0 unspecified atom stereocenters. The Balaban J connectivity index is 1.94. The van der Waals surface area contributed by atoms with E-state index in [0.717, 1.165) is 30.0 Å². The van der Waals surface area contributed by atoms with Crippen LogP contribution in [0.4, 0.5) is 24.5 Å². The number of anilines is 2. The SMILES string of the molecule is CC(C)c1ccc(/C=C(/C(=O)Nc2cccc(C(F)(F)F)c2)C(=O)Nc2cc[n+]([O-])c(Cl)c2)cc1. The van der Waals surface area contributed by atoms with E-state index in [2.05, 4.69) is 10.6 Å². The van der Waals surface area contributed by atoms with Gasteiger partial charge in [-0.05, 0) is 52.9 Å². The molecule has 2 amide bonds. The van der Waals surface area contributed by atoms with Gasteiger partial charge in [0.05, 0.1) is 11.3 Å². The van der Waals surface area contributed by atoms with Crippen molar-refractivity contribution in [1.82, 2.24) is 0 Å². The molecule has 0 aliphatic rings. The second-order valence-electron chi connectivity index (χ2n) is 7.93. The van der Waals surface area contributed by atoms with Crippen LogP contribution in [0.15, 0.2) is 72.4 Å². The van der Waals surface area contributed by atoms with Gasteiger partial charge in [0.15, 0.2) is 6.20 Å². The molecule has 0 spiro atoms. The minimum atomic E-state index is -4.60. The van der Waals surface area contributed by atoms with Crippen molar-refractivity contribution < 1.29 is 27.5 Å². The van der Waals surface area contributed by atoms with Gasteiger partial charge >= 0.3 is 6.18 Å². The highest BCUT2D eigenvalue weighted by molar-refractivity contribution is 6.30. The van der Waals surface area contributed by atoms with Crippen LogP contribution >= 0.6 is 11.6 Å². The van der Waals surface area contributed by atoms with Crippen molar-refractivity contribution in [2.75, 3.05) is 10.6 Å². The monoisotopic (exact) mass is 503 g/mol. The van der Waals surface area contributed by atoms with E-state index in [1.165, 1.54) is 24.3 Å². The topological polar surface area (TPSA) is 85.1 Å². The first-order valence-electron chi connectivity index (χ1n) is 10.4. The molecular formula is C25H21ClF3N3O3. The molecular weight excluding hydrogens is 483 g/mol. The first kappa shape index (κ1) is 25.8. The Morgan fingerprint density at radius 3 is 2.11 bits per heavy atom. The van der Waals surface area contributed by atoms with E-state index in [-0.39, 0.29) is 28.0 Å². The molecule has 2 aromatic carbocycles. The fourth-order valence-electron chi connectivity index (χ4n) is 3.09. The number of halogens is 4. The Kier molecular flexibility index (Phi) is 7.81. The van der Waals surface area contributed by atoms with Crippen LogP contribution in [0.25, 0.3) is 6.08 Å². The van der Waals surface area contributed by atoms with E-state index in [1.54, 1.807) is 12.1 Å². The molecule has 0 bridgehead atoms. The highest BCUT2D eigenvalue weighted by Gasteiger charge is 2.30. The number of amides is 2. The number of alkyl halides is 3. The summed E-state index contributed by atoms with van der Waals surface area (Å²) in [7, 11) is 0. The maximum absolute atomic E-state index is 13.0. The lowest BCUT2D eigenvalue weighted by Gasteiger charge is -2.12. The zero-order valence-electron chi connectivity index (χ0n) is 18.7. The first-order valence-corrected chi connectivity index (χ1v) is 10.8. The third kappa shape index (κ3) is 6.83. The van der Waals surface area contributed by atoms with Gasteiger partial charge in [-0.25, -0.2) is 0 Å². The Hall–Kier alpha value is -3.85. The van der Waals surface area contributed by atoms with Crippen LogP contribution in [0.5, 0.6) is 0 Å². The number of pyridine rings is 1. The number of nitrogens with one attached hydrogen (secondary N) is 2. The molecule has 10 heteroatoms. The average Bonchev–Trinajstić information content (AvgIpc) is 2.79. The number of benzene rings is 2. The highest BCUT2D eigenvalue weighted by atomic mass is 35.5. The molecule has 0 saturated heterocycles. The molecule has 0 atom stereocenters. The van der Waals surface area contributed by atoms with Crippen LogP contribution in [0.1, 0.15) is 36.5 Å². The summed E-state index contributed by atoms with van der Waals surface area (Å²) >= 11 is 5.78. The Morgan fingerprint density at radius 2 is 1.57 bits per heavy atom. The van der Waals surface area contributed by atoms with Crippen molar-refractivity contribution >= 4 is 40.9 Å². The maximum atomic E-state index is 13.0. The van der Waals surface area contributed by atoms with Crippen molar-refractivity contribution in [3.8, 4) is 0 Å². The van der Waals surface area contributed by atoms with Gasteiger partial charge in [-0.15, -0.1) is 0 Å². The van der Waals surface area contributed by atoms with E-state index in [9.17, 15) is 28.0 Å². The van der Waals surface area contributed by atoms with E-state index in [0.29, 0.717) is 10.3 Å². The van der Waals surface area contributed by atoms with E-state index in [1.807, 2.05) is 26.0 Å². The Labute approximate surface area is 204 Å². The molecule has 0 fully saturated rings. The molecule has 0 aliphatic heterocycles. The van der Waals surface area contributed by atoms with Crippen molar-refractivity contribution in [1.29, 1.82) is 0 Å². The summed E-state index contributed by atoms with van der Waals surface area (Å²) in [4.78, 5) is 26.0. The van der Waals surface area contributed by atoms with Gasteiger partial charge in [0, 0.05) is 17.8 Å². The molecule has 35 heavy (non-hydrogen) atoms. The summed E-state index contributed by atoms with van der Waals surface area (Å²) in [6.45, 7) is 4.03. The number of aromatic nitrogens is 1. The molecule has 2 N–H and O–H groups in total. The molecule has 0 saturated carbocycles. The van der Waals surface area contributed by atoms with Crippen LogP contribution in [-0.4, -0.2) is 11.8 Å². The standard InChI is InChI=1S/C25H21ClF3N3O3/c1-15(2)17-8-6-16(7-9-17)12-21(24(34)31-20-10-11-32(35)22(26)14-20)23(33)30-19-5-3-4-18(13-19)25(27,28)29/h3-15H,1-2H3,(H,30,33)(H,31,34)/b21-12-. The molecule has 0 radical (unpaired) electrons. The van der Waals surface area contributed by atoms with Crippen molar-refractivity contribution in [2.24, 2.45) is 0 Å². The van der Waals surface area contributed by atoms with Crippen molar-refractivity contribution in [2.45, 2.75) is 25.9 Å². The molecule has 182 valence electrons. The number of nitrogens with zero attached hydrogens (tertiary/aromatic N) is 1. The Bertz CT molecular complexity index is 1270. The molecule has 1 aromatic heterocycles. The summed E-state index contributed by atoms with van der Waals surface area (Å²) in [5, 5.41) is 16.1. The minimum absolute atomic E-state index is 0.131. The van der Waals surface area contributed by atoms with Crippen LogP contribution in [-0.2, 0) is 15.8 Å².